The fourth-order valence-corrected chi connectivity index (χ4v) is 1.65. The van der Waals surface area contributed by atoms with Crippen LogP contribution in [0.2, 0.25) is 0 Å². The van der Waals surface area contributed by atoms with Crippen molar-refractivity contribution >= 4 is 22.6 Å². The van der Waals surface area contributed by atoms with Crippen LogP contribution in [0, 0.1) is 0 Å². The molecular formula is C5H10INO. The molecule has 1 atom stereocenters. The van der Waals surface area contributed by atoms with Crippen LogP contribution in [-0.2, 0) is 4.74 Å². The van der Waals surface area contributed by atoms with E-state index in [1.807, 2.05) is 0 Å². The van der Waals surface area contributed by atoms with Crippen molar-refractivity contribution in [2.45, 2.75) is 4.11 Å². The van der Waals surface area contributed by atoms with E-state index in [1.54, 1.807) is 0 Å². The average Bonchev–Trinajstić information content (AvgIpc) is 1.64. The molecule has 1 fully saturated rings. The van der Waals surface area contributed by atoms with Crippen molar-refractivity contribution in [3.8, 4) is 0 Å². The molecule has 0 aliphatic carbocycles. The molecule has 3 heteroatoms. The largest absolute Gasteiger partial charge is 0.365 e. The third-order valence-corrected chi connectivity index (χ3v) is 1.98. The summed E-state index contributed by atoms with van der Waals surface area (Å²) in [5.74, 6) is 0. The lowest BCUT2D eigenvalue weighted by atomic mass is 10.5. The van der Waals surface area contributed by atoms with Crippen LogP contribution in [0.3, 0.4) is 0 Å². The Kier molecular flexibility index (Phi) is 2.52. The number of alkyl halides is 1. The Bertz CT molecular complexity index is 70.8. The molecule has 0 aromatic heterocycles. The molecule has 0 saturated carbocycles. The molecule has 0 bridgehead atoms. The van der Waals surface area contributed by atoms with E-state index in [1.165, 1.54) is 0 Å². The van der Waals surface area contributed by atoms with E-state index in [-0.39, 0.29) is 0 Å². The summed E-state index contributed by atoms with van der Waals surface area (Å²) in [6.45, 7) is 3.05. The van der Waals surface area contributed by atoms with E-state index >= 15 is 0 Å². The van der Waals surface area contributed by atoms with Crippen molar-refractivity contribution < 1.29 is 4.74 Å². The van der Waals surface area contributed by atoms with Gasteiger partial charge in [0, 0.05) is 13.1 Å². The highest BCUT2D eigenvalue weighted by atomic mass is 127. The van der Waals surface area contributed by atoms with Crippen molar-refractivity contribution in [3.05, 3.63) is 0 Å². The van der Waals surface area contributed by atoms with Crippen LogP contribution in [-0.4, -0.2) is 35.8 Å². The topological polar surface area (TPSA) is 12.5 Å². The fraction of sp³-hybridized carbons (Fsp3) is 1.00. The number of likely N-dealkylation sites (N-methyl/N-ethyl adjacent to an activating group) is 1. The lowest BCUT2D eigenvalue weighted by Gasteiger charge is -2.26. The van der Waals surface area contributed by atoms with Crippen molar-refractivity contribution in [1.29, 1.82) is 0 Å². The summed E-state index contributed by atoms with van der Waals surface area (Å²) in [4.78, 5) is 2.28. The Balaban J connectivity index is 2.23. The molecule has 1 heterocycles. The number of hydrogen-bond acceptors (Lipinski definition) is 2. The highest BCUT2D eigenvalue weighted by molar-refractivity contribution is 14.1. The highest BCUT2D eigenvalue weighted by Gasteiger charge is 2.12. The molecule has 0 radical (unpaired) electrons. The summed E-state index contributed by atoms with van der Waals surface area (Å²) in [5, 5.41) is 0. The first kappa shape index (κ1) is 6.77. The molecule has 1 saturated heterocycles. The highest BCUT2D eigenvalue weighted by Crippen LogP contribution is 2.08. The summed E-state index contributed by atoms with van der Waals surface area (Å²) >= 11 is 2.31. The molecular weight excluding hydrogens is 217 g/mol. The van der Waals surface area contributed by atoms with E-state index in [0.29, 0.717) is 4.11 Å². The Morgan fingerprint density at radius 2 is 2.50 bits per heavy atom. The zero-order valence-corrected chi connectivity index (χ0v) is 7.09. The van der Waals surface area contributed by atoms with Crippen LogP contribution in [0.4, 0.5) is 0 Å². The van der Waals surface area contributed by atoms with Crippen molar-refractivity contribution in [1.82, 2.24) is 4.90 Å². The van der Waals surface area contributed by atoms with Crippen molar-refractivity contribution in [2.75, 3.05) is 26.7 Å². The zero-order chi connectivity index (χ0) is 5.98. The lowest BCUT2D eigenvalue weighted by Crippen LogP contribution is -2.36. The first-order valence-corrected chi connectivity index (χ1v) is 3.98. The van der Waals surface area contributed by atoms with Gasteiger partial charge in [-0.25, -0.2) is 0 Å². The van der Waals surface area contributed by atoms with E-state index < -0.39 is 0 Å². The van der Waals surface area contributed by atoms with Crippen LogP contribution in [0.25, 0.3) is 0 Å². The lowest BCUT2D eigenvalue weighted by molar-refractivity contribution is 0.0387. The van der Waals surface area contributed by atoms with Crippen LogP contribution in [0.5, 0.6) is 0 Å². The predicted molar refractivity (Wildman–Crippen MR) is 41.3 cm³/mol. The second kappa shape index (κ2) is 2.98. The van der Waals surface area contributed by atoms with E-state index in [9.17, 15) is 0 Å². The van der Waals surface area contributed by atoms with E-state index in [2.05, 4.69) is 34.5 Å². The van der Waals surface area contributed by atoms with Gasteiger partial charge in [0.05, 0.1) is 6.61 Å². The molecule has 0 spiro atoms. The quantitative estimate of drug-likeness (QED) is 0.446. The maximum atomic E-state index is 5.29. The molecule has 8 heavy (non-hydrogen) atoms. The molecule has 0 aromatic rings. The molecule has 1 aliphatic rings. The Hall–Kier alpha value is 0.650. The Morgan fingerprint density at radius 1 is 1.75 bits per heavy atom. The van der Waals surface area contributed by atoms with Gasteiger partial charge >= 0.3 is 0 Å². The first-order chi connectivity index (χ1) is 3.79. The predicted octanol–water partition coefficient (Wildman–Crippen LogP) is 0.709. The molecule has 48 valence electrons. The number of morpholine rings is 1. The van der Waals surface area contributed by atoms with Gasteiger partial charge in [-0.3, -0.25) is 0 Å². The second-order valence-electron chi connectivity index (χ2n) is 2.04. The summed E-state index contributed by atoms with van der Waals surface area (Å²) in [6.07, 6.45) is 0. The first-order valence-electron chi connectivity index (χ1n) is 2.73. The second-order valence-corrected chi connectivity index (χ2v) is 3.43. The van der Waals surface area contributed by atoms with Crippen LogP contribution in [0.15, 0.2) is 0 Å². The number of nitrogens with zero attached hydrogens (tertiary/aromatic N) is 1. The summed E-state index contributed by atoms with van der Waals surface area (Å²) in [5.41, 5.74) is 0. The van der Waals surface area contributed by atoms with Gasteiger partial charge in [-0.05, 0) is 29.6 Å². The minimum atomic E-state index is 0.409. The molecule has 1 rings (SSSR count). The van der Waals surface area contributed by atoms with Gasteiger partial charge in [-0.2, -0.15) is 0 Å². The monoisotopic (exact) mass is 227 g/mol. The van der Waals surface area contributed by atoms with Gasteiger partial charge in [0.25, 0.3) is 0 Å². The third-order valence-electron chi connectivity index (χ3n) is 1.23. The van der Waals surface area contributed by atoms with Crippen molar-refractivity contribution in [2.24, 2.45) is 0 Å². The standard InChI is InChI=1S/C5H10INO/c1-7-2-3-8-5(6)4-7/h5H,2-4H2,1H3/t5-/m1/s1. The zero-order valence-electron chi connectivity index (χ0n) is 4.93. The smallest absolute Gasteiger partial charge is 0.121 e. The molecule has 0 N–H and O–H groups in total. The van der Waals surface area contributed by atoms with Crippen LogP contribution < -0.4 is 0 Å². The number of halogens is 1. The number of ether oxygens (including phenoxy) is 1. The van der Waals surface area contributed by atoms with Gasteiger partial charge in [0.15, 0.2) is 0 Å². The number of rotatable bonds is 0. The number of hydrogen-bond donors (Lipinski definition) is 0. The molecule has 0 aromatic carbocycles. The normalized spacial score (nSPS) is 33.0. The average molecular weight is 227 g/mol. The van der Waals surface area contributed by atoms with Gasteiger partial charge in [-0.1, -0.05) is 0 Å². The van der Waals surface area contributed by atoms with E-state index in [0.717, 1.165) is 19.7 Å². The molecule has 0 unspecified atom stereocenters. The minimum absolute atomic E-state index is 0.409. The van der Waals surface area contributed by atoms with Gasteiger partial charge in [-0.15, -0.1) is 0 Å². The fourth-order valence-electron chi connectivity index (χ4n) is 0.725. The summed E-state index contributed by atoms with van der Waals surface area (Å²) in [7, 11) is 2.12. The molecule has 1 aliphatic heterocycles. The van der Waals surface area contributed by atoms with Crippen molar-refractivity contribution in [3.63, 3.8) is 0 Å². The van der Waals surface area contributed by atoms with Gasteiger partial charge in [0.1, 0.15) is 4.11 Å². The maximum Gasteiger partial charge on any atom is 0.121 e. The SMILES string of the molecule is CN1CCO[C@@H](I)C1. The summed E-state index contributed by atoms with van der Waals surface area (Å²) in [6, 6.07) is 0. The molecule has 0 amide bonds. The third kappa shape index (κ3) is 1.87. The Labute approximate surface area is 63.3 Å². The van der Waals surface area contributed by atoms with Crippen LogP contribution >= 0.6 is 22.6 Å². The van der Waals surface area contributed by atoms with Gasteiger partial charge in [0.2, 0.25) is 0 Å². The van der Waals surface area contributed by atoms with E-state index in [4.69, 9.17) is 4.74 Å². The minimum Gasteiger partial charge on any atom is -0.365 e. The Morgan fingerprint density at radius 3 is 2.88 bits per heavy atom. The van der Waals surface area contributed by atoms with Crippen LogP contribution in [0.1, 0.15) is 0 Å². The maximum absolute atomic E-state index is 5.29. The summed E-state index contributed by atoms with van der Waals surface area (Å²) < 4.78 is 5.70. The van der Waals surface area contributed by atoms with Gasteiger partial charge < -0.3 is 9.64 Å². The molecule has 2 nitrogen and oxygen atoms in total.